The fourth-order valence-electron chi connectivity index (χ4n) is 3.96. The summed E-state index contributed by atoms with van der Waals surface area (Å²) < 4.78 is 1.45. The van der Waals surface area contributed by atoms with Crippen LogP contribution < -0.4 is 5.56 Å². The molecule has 5 rings (SSSR count). The number of rotatable bonds is 2. The van der Waals surface area contributed by atoms with Crippen molar-refractivity contribution in [1.82, 2.24) is 9.47 Å². The molecular weight excluding hydrogens is 467 g/mol. The van der Waals surface area contributed by atoms with Crippen molar-refractivity contribution in [3.63, 3.8) is 0 Å². The number of likely N-dealkylation sites (tertiary alicyclic amines) is 1. The number of hydrogen-bond donors (Lipinski definition) is 1. The highest BCUT2D eigenvalue weighted by Gasteiger charge is 2.41. The van der Waals surface area contributed by atoms with Crippen LogP contribution in [-0.2, 0) is 6.54 Å². The number of alkyl halides is 1. The van der Waals surface area contributed by atoms with Crippen LogP contribution in [0.4, 0.5) is 0 Å². The van der Waals surface area contributed by atoms with Crippen LogP contribution in [0.5, 0.6) is 0 Å². The third-order valence-electron chi connectivity index (χ3n) is 5.47. The van der Waals surface area contributed by atoms with Crippen LogP contribution in [0.1, 0.15) is 15.9 Å². The molecule has 1 amide bonds. The minimum Gasteiger partial charge on any atom is -0.388 e. The molecule has 3 aromatic rings. The Hall–Kier alpha value is -2.45. The van der Waals surface area contributed by atoms with E-state index < -0.39 is 6.10 Å². The third-order valence-corrected chi connectivity index (χ3v) is 6.97. The summed E-state index contributed by atoms with van der Waals surface area (Å²) in [5.41, 5.74) is 4.37. The maximum absolute atomic E-state index is 13.3. The SMILES string of the molecule is O=C(c1cc(-c2ccccc2)c(=O)n2c1-c1ccccc1C2)N1CC(O)C1I. The topological polar surface area (TPSA) is 62.5 Å². The zero-order chi connectivity index (χ0) is 19.4. The van der Waals surface area contributed by atoms with Crippen LogP contribution in [0.25, 0.3) is 22.4 Å². The molecule has 28 heavy (non-hydrogen) atoms. The Morgan fingerprint density at radius 3 is 2.46 bits per heavy atom. The maximum atomic E-state index is 13.3. The highest BCUT2D eigenvalue weighted by molar-refractivity contribution is 14.1. The van der Waals surface area contributed by atoms with Crippen molar-refractivity contribution >= 4 is 28.5 Å². The second-order valence-electron chi connectivity index (χ2n) is 7.13. The standard InChI is InChI=1S/C22H17IN2O3/c23-20-18(26)12-25(20)22(28)17-10-16(13-6-2-1-3-7-13)21(27)24-11-14-8-4-5-9-15(14)19(17)24/h1-10,18,20,26H,11-12H2. The first-order chi connectivity index (χ1) is 13.6. The smallest absolute Gasteiger partial charge is 0.259 e. The molecule has 1 aromatic heterocycles. The zero-order valence-corrected chi connectivity index (χ0v) is 17.0. The highest BCUT2D eigenvalue weighted by atomic mass is 127. The molecule has 0 saturated carbocycles. The molecule has 2 unspecified atom stereocenters. The summed E-state index contributed by atoms with van der Waals surface area (Å²) in [4.78, 5) is 28.3. The number of aliphatic hydroxyl groups is 1. The van der Waals surface area contributed by atoms with Gasteiger partial charge in [0.2, 0.25) is 0 Å². The fraction of sp³-hybridized carbons (Fsp3) is 0.182. The molecule has 2 aliphatic rings. The number of carbonyl (C=O) groups excluding carboxylic acids is 1. The van der Waals surface area contributed by atoms with Crippen LogP contribution in [0, 0.1) is 0 Å². The minimum atomic E-state index is -0.509. The summed E-state index contributed by atoms with van der Waals surface area (Å²) in [7, 11) is 0. The number of halogens is 1. The molecule has 0 bridgehead atoms. The van der Waals surface area contributed by atoms with Gasteiger partial charge in [-0.2, -0.15) is 0 Å². The molecule has 5 nitrogen and oxygen atoms in total. The molecule has 0 radical (unpaired) electrons. The molecule has 0 aliphatic carbocycles. The van der Waals surface area contributed by atoms with E-state index in [9.17, 15) is 14.7 Å². The quantitative estimate of drug-likeness (QED) is 0.270. The molecular formula is C22H17IN2O3. The fourth-order valence-corrected chi connectivity index (χ4v) is 4.67. The normalized spacial score (nSPS) is 19.7. The van der Waals surface area contributed by atoms with Crippen molar-refractivity contribution in [2.75, 3.05) is 6.54 Å². The lowest BCUT2D eigenvalue weighted by Crippen LogP contribution is -2.59. The van der Waals surface area contributed by atoms with E-state index in [1.807, 2.05) is 54.6 Å². The summed E-state index contributed by atoms with van der Waals surface area (Å²) in [5, 5.41) is 9.85. The van der Waals surface area contributed by atoms with Gasteiger partial charge in [0.05, 0.1) is 24.3 Å². The van der Waals surface area contributed by atoms with E-state index in [4.69, 9.17) is 0 Å². The van der Waals surface area contributed by atoms with E-state index in [-0.39, 0.29) is 15.5 Å². The predicted octanol–water partition coefficient (Wildman–Crippen LogP) is 3.12. The van der Waals surface area contributed by atoms with Gasteiger partial charge in [0.15, 0.2) is 0 Å². The Labute approximate surface area is 175 Å². The number of carbonyl (C=O) groups is 1. The lowest BCUT2D eigenvalue weighted by molar-refractivity contribution is -0.00181. The lowest BCUT2D eigenvalue weighted by atomic mass is 9.98. The van der Waals surface area contributed by atoms with Crippen molar-refractivity contribution in [2.24, 2.45) is 0 Å². The number of β-amino-alcohol motifs (C(OH)–C–C–N with tert-alkyl or cyclic N) is 1. The molecule has 1 saturated heterocycles. The number of benzene rings is 2. The number of pyridine rings is 1. The molecule has 3 heterocycles. The van der Waals surface area contributed by atoms with Crippen molar-refractivity contribution in [3.05, 3.63) is 82.1 Å². The van der Waals surface area contributed by atoms with Crippen molar-refractivity contribution in [1.29, 1.82) is 0 Å². The molecule has 0 spiro atoms. The first kappa shape index (κ1) is 17.6. The van der Waals surface area contributed by atoms with Gasteiger partial charge in [0.1, 0.15) is 10.2 Å². The summed E-state index contributed by atoms with van der Waals surface area (Å²) >= 11 is 2.08. The predicted molar refractivity (Wildman–Crippen MR) is 116 cm³/mol. The van der Waals surface area contributed by atoms with Crippen LogP contribution in [0.3, 0.4) is 0 Å². The van der Waals surface area contributed by atoms with E-state index in [2.05, 4.69) is 22.6 Å². The Balaban J connectivity index is 1.75. The summed E-state index contributed by atoms with van der Waals surface area (Å²) in [6, 6.07) is 19.0. The first-order valence-electron chi connectivity index (χ1n) is 9.11. The Morgan fingerprint density at radius 2 is 1.75 bits per heavy atom. The van der Waals surface area contributed by atoms with Gasteiger partial charge in [-0.1, -0.05) is 77.2 Å². The number of aromatic nitrogens is 1. The summed E-state index contributed by atoms with van der Waals surface area (Å²) in [5.74, 6) is -0.151. The Bertz CT molecular complexity index is 1160. The molecule has 6 heteroatoms. The second-order valence-corrected chi connectivity index (χ2v) is 8.41. The van der Waals surface area contributed by atoms with Crippen molar-refractivity contribution in [3.8, 4) is 22.4 Å². The molecule has 2 aliphatic heterocycles. The third kappa shape index (κ3) is 2.55. The average Bonchev–Trinajstić information content (AvgIpc) is 3.12. The van der Waals surface area contributed by atoms with Gasteiger partial charge in [-0.3, -0.25) is 9.59 Å². The van der Waals surface area contributed by atoms with Crippen LogP contribution in [0.2, 0.25) is 0 Å². The Kier molecular flexibility index (Phi) is 4.13. The summed E-state index contributed by atoms with van der Waals surface area (Å²) in [6.45, 7) is 0.773. The highest BCUT2D eigenvalue weighted by Crippen LogP contribution is 2.37. The maximum Gasteiger partial charge on any atom is 0.259 e. The first-order valence-corrected chi connectivity index (χ1v) is 10.4. The van der Waals surface area contributed by atoms with E-state index >= 15 is 0 Å². The van der Waals surface area contributed by atoms with Gasteiger partial charge in [0, 0.05) is 11.1 Å². The van der Waals surface area contributed by atoms with E-state index in [0.717, 1.165) is 16.7 Å². The molecule has 140 valence electrons. The number of nitrogens with zero attached hydrogens (tertiary/aromatic N) is 2. The van der Waals surface area contributed by atoms with Gasteiger partial charge < -0.3 is 14.6 Å². The average molecular weight is 484 g/mol. The molecule has 2 aromatic carbocycles. The van der Waals surface area contributed by atoms with Crippen LogP contribution >= 0.6 is 22.6 Å². The van der Waals surface area contributed by atoms with E-state index in [1.54, 1.807) is 15.5 Å². The molecule has 1 fully saturated rings. The monoisotopic (exact) mass is 484 g/mol. The van der Waals surface area contributed by atoms with Crippen LogP contribution in [-0.4, -0.2) is 37.2 Å². The van der Waals surface area contributed by atoms with Crippen LogP contribution in [0.15, 0.2) is 65.5 Å². The zero-order valence-electron chi connectivity index (χ0n) is 14.9. The van der Waals surface area contributed by atoms with Gasteiger partial charge >= 0.3 is 0 Å². The Morgan fingerprint density at radius 1 is 1.04 bits per heavy atom. The van der Waals surface area contributed by atoms with E-state index in [0.29, 0.717) is 29.9 Å². The van der Waals surface area contributed by atoms with Gasteiger partial charge in [-0.15, -0.1) is 0 Å². The molecule has 2 atom stereocenters. The second kappa shape index (κ2) is 6.56. The number of fused-ring (bicyclic) bond motifs is 3. The largest absolute Gasteiger partial charge is 0.388 e. The van der Waals surface area contributed by atoms with Gasteiger partial charge in [-0.25, -0.2) is 0 Å². The number of amides is 1. The molecule has 1 N–H and O–H groups in total. The number of hydrogen-bond acceptors (Lipinski definition) is 3. The van der Waals surface area contributed by atoms with Gasteiger partial charge in [0.25, 0.3) is 11.5 Å². The van der Waals surface area contributed by atoms with E-state index in [1.165, 1.54) is 0 Å². The minimum absolute atomic E-state index is 0.0939. The summed E-state index contributed by atoms with van der Waals surface area (Å²) in [6.07, 6.45) is -0.509. The lowest BCUT2D eigenvalue weighted by Gasteiger charge is -2.42. The van der Waals surface area contributed by atoms with Gasteiger partial charge in [-0.05, 0) is 17.2 Å². The van der Waals surface area contributed by atoms with Crippen molar-refractivity contribution < 1.29 is 9.90 Å². The van der Waals surface area contributed by atoms with Crippen molar-refractivity contribution in [2.45, 2.75) is 16.7 Å². The number of aliphatic hydroxyl groups excluding tert-OH is 1.